The van der Waals surface area contributed by atoms with Crippen LogP contribution >= 0.6 is 0 Å². The predicted molar refractivity (Wildman–Crippen MR) is 111 cm³/mol. The van der Waals surface area contributed by atoms with Crippen molar-refractivity contribution in [2.75, 3.05) is 0 Å². The van der Waals surface area contributed by atoms with Gasteiger partial charge in [0, 0.05) is 11.1 Å². The summed E-state index contributed by atoms with van der Waals surface area (Å²) in [5, 5.41) is 21.3. The molecule has 0 aliphatic rings. The summed E-state index contributed by atoms with van der Waals surface area (Å²) in [6.45, 7) is 8.10. The number of hydrogen-bond acceptors (Lipinski definition) is 2. The monoisotopic (exact) mass is 348 g/mol. The molecule has 2 nitrogen and oxygen atoms in total. The first-order valence-electron chi connectivity index (χ1n) is 8.95. The van der Waals surface area contributed by atoms with Crippen molar-refractivity contribution in [2.24, 2.45) is 0 Å². The van der Waals surface area contributed by atoms with Gasteiger partial charge < -0.3 is 10.2 Å². The van der Waals surface area contributed by atoms with Crippen molar-refractivity contribution in [1.82, 2.24) is 0 Å². The molecule has 2 N–H and O–H groups in total. The molecule has 0 aliphatic carbocycles. The smallest absolute Gasteiger partial charge is 0.126 e. The fraction of sp³-hybridized carbons (Fsp3) is 0.250. The van der Waals surface area contributed by atoms with E-state index in [1.54, 1.807) is 6.07 Å². The standard InChI is InChI=1S/C24H28O2/c1-17(2)10-14-21-20(13-12-19-8-6-5-7-9-19)16-23(25)22(24(21)26)15-11-18(3)4/h5-13,16,25-26H,14-15H2,1-4H3/b13-12+. The van der Waals surface area contributed by atoms with Gasteiger partial charge in [0.1, 0.15) is 11.5 Å². The Hall–Kier alpha value is -2.74. The Kier molecular flexibility index (Phi) is 6.85. The predicted octanol–water partition coefficient (Wildman–Crippen LogP) is 6.29. The minimum absolute atomic E-state index is 0.133. The molecular weight excluding hydrogens is 320 g/mol. The van der Waals surface area contributed by atoms with E-state index >= 15 is 0 Å². The third kappa shape index (κ3) is 5.38. The molecule has 0 saturated carbocycles. The number of benzene rings is 2. The Bertz CT molecular complexity index is 832. The summed E-state index contributed by atoms with van der Waals surface area (Å²) in [6.07, 6.45) is 9.20. The van der Waals surface area contributed by atoms with E-state index in [0.717, 1.165) is 22.3 Å². The third-order valence-corrected chi connectivity index (χ3v) is 4.21. The Morgan fingerprint density at radius 3 is 1.96 bits per heavy atom. The van der Waals surface area contributed by atoms with Crippen LogP contribution in [0.1, 0.15) is 49.9 Å². The van der Waals surface area contributed by atoms with Crippen molar-refractivity contribution in [3.05, 3.63) is 82.0 Å². The minimum atomic E-state index is 0.133. The van der Waals surface area contributed by atoms with E-state index in [2.05, 4.69) is 6.08 Å². The first-order valence-corrected chi connectivity index (χ1v) is 8.95. The van der Waals surface area contributed by atoms with Gasteiger partial charge in [-0.3, -0.25) is 0 Å². The highest BCUT2D eigenvalue weighted by atomic mass is 16.3. The zero-order chi connectivity index (χ0) is 19.1. The summed E-state index contributed by atoms with van der Waals surface area (Å²) in [5.74, 6) is 0.321. The molecule has 0 radical (unpaired) electrons. The SMILES string of the molecule is CC(C)=CCc1c(O)cc(/C=C/c2ccccc2)c(CC=C(C)C)c1O. The quantitative estimate of drug-likeness (QED) is 0.476. The lowest BCUT2D eigenvalue weighted by Gasteiger charge is -2.14. The molecule has 2 rings (SSSR count). The molecule has 2 aromatic carbocycles. The molecule has 2 aromatic rings. The largest absolute Gasteiger partial charge is 0.507 e. The molecule has 136 valence electrons. The number of phenolic OH excluding ortho intramolecular Hbond substituents is 2. The van der Waals surface area contributed by atoms with E-state index < -0.39 is 0 Å². The highest BCUT2D eigenvalue weighted by molar-refractivity contribution is 5.74. The van der Waals surface area contributed by atoms with Crippen molar-refractivity contribution in [2.45, 2.75) is 40.5 Å². The van der Waals surface area contributed by atoms with Crippen LogP contribution in [-0.4, -0.2) is 10.2 Å². The molecule has 0 aromatic heterocycles. The summed E-state index contributed by atoms with van der Waals surface area (Å²) in [6, 6.07) is 11.8. The first kappa shape index (κ1) is 19.6. The Balaban J connectivity index is 2.50. The lowest BCUT2D eigenvalue weighted by molar-refractivity contribution is 0.437. The van der Waals surface area contributed by atoms with Crippen LogP contribution in [0, 0.1) is 0 Å². The van der Waals surface area contributed by atoms with Gasteiger partial charge in [-0.15, -0.1) is 0 Å². The first-order chi connectivity index (χ1) is 12.4. The van der Waals surface area contributed by atoms with Gasteiger partial charge in [-0.2, -0.15) is 0 Å². The minimum Gasteiger partial charge on any atom is -0.507 e. The highest BCUT2D eigenvalue weighted by Crippen LogP contribution is 2.36. The number of allylic oxidation sites excluding steroid dienone is 4. The molecule has 0 heterocycles. The van der Waals surface area contributed by atoms with Crippen LogP contribution in [-0.2, 0) is 12.8 Å². The number of hydrogen-bond donors (Lipinski definition) is 2. The van der Waals surface area contributed by atoms with Crippen LogP contribution in [0.25, 0.3) is 12.2 Å². The van der Waals surface area contributed by atoms with Gasteiger partial charge in [-0.25, -0.2) is 0 Å². The molecule has 0 fully saturated rings. The van der Waals surface area contributed by atoms with Gasteiger partial charge >= 0.3 is 0 Å². The average Bonchev–Trinajstić information content (AvgIpc) is 2.59. The van der Waals surface area contributed by atoms with Crippen molar-refractivity contribution in [3.8, 4) is 11.5 Å². The van der Waals surface area contributed by atoms with Crippen molar-refractivity contribution < 1.29 is 10.2 Å². The second-order valence-electron chi connectivity index (χ2n) is 7.01. The summed E-state index contributed by atoms with van der Waals surface area (Å²) in [4.78, 5) is 0. The molecule has 0 saturated heterocycles. The molecule has 0 aliphatic heterocycles. The molecule has 0 unspecified atom stereocenters. The molecule has 2 heteroatoms. The van der Waals surface area contributed by atoms with E-state index in [9.17, 15) is 10.2 Å². The molecule has 0 bridgehead atoms. The van der Waals surface area contributed by atoms with Gasteiger partial charge in [0.05, 0.1) is 0 Å². The third-order valence-electron chi connectivity index (χ3n) is 4.21. The fourth-order valence-corrected chi connectivity index (χ4v) is 2.69. The molecule has 0 amide bonds. The lowest BCUT2D eigenvalue weighted by atomic mass is 9.95. The maximum absolute atomic E-state index is 10.8. The van der Waals surface area contributed by atoms with Crippen LogP contribution in [0.4, 0.5) is 0 Å². The Morgan fingerprint density at radius 1 is 0.808 bits per heavy atom. The van der Waals surface area contributed by atoms with Crippen molar-refractivity contribution in [3.63, 3.8) is 0 Å². The van der Waals surface area contributed by atoms with E-state index in [-0.39, 0.29) is 11.5 Å². The van der Waals surface area contributed by atoms with Crippen LogP contribution in [0.3, 0.4) is 0 Å². The summed E-state index contributed by atoms with van der Waals surface area (Å²) in [5.41, 5.74) is 5.69. The van der Waals surface area contributed by atoms with Gasteiger partial charge in [-0.1, -0.05) is 65.8 Å². The van der Waals surface area contributed by atoms with Gasteiger partial charge in [0.2, 0.25) is 0 Å². The number of rotatable bonds is 6. The highest BCUT2D eigenvalue weighted by Gasteiger charge is 2.15. The van der Waals surface area contributed by atoms with Crippen LogP contribution in [0.2, 0.25) is 0 Å². The van der Waals surface area contributed by atoms with Gasteiger partial charge in [0.15, 0.2) is 0 Å². The molecular formula is C24H28O2. The normalized spacial score (nSPS) is 10.8. The zero-order valence-electron chi connectivity index (χ0n) is 16.1. The summed E-state index contributed by atoms with van der Waals surface area (Å²) < 4.78 is 0. The lowest BCUT2D eigenvalue weighted by Crippen LogP contribution is -1.95. The van der Waals surface area contributed by atoms with E-state index in [0.29, 0.717) is 18.4 Å². The van der Waals surface area contributed by atoms with E-state index in [4.69, 9.17) is 0 Å². The maximum Gasteiger partial charge on any atom is 0.126 e. The molecule has 0 spiro atoms. The van der Waals surface area contributed by atoms with Gasteiger partial charge in [0.25, 0.3) is 0 Å². The van der Waals surface area contributed by atoms with E-state index in [1.165, 1.54) is 5.57 Å². The second kappa shape index (κ2) is 9.10. The molecule has 0 atom stereocenters. The van der Waals surface area contributed by atoms with Crippen molar-refractivity contribution in [1.29, 1.82) is 0 Å². The number of phenols is 2. The Labute approximate surface area is 156 Å². The van der Waals surface area contributed by atoms with E-state index in [1.807, 2.05) is 76.3 Å². The average molecular weight is 348 g/mol. The zero-order valence-corrected chi connectivity index (χ0v) is 16.1. The summed E-state index contributed by atoms with van der Waals surface area (Å²) in [7, 11) is 0. The van der Waals surface area contributed by atoms with Crippen LogP contribution in [0.5, 0.6) is 11.5 Å². The van der Waals surface area contributed by atoms with Crippen molar-refractivity contribution >= 4 is 12.2 Å². The second-order valence-corrected chi connectivity index (χ2v) is 7.01. The molecule has 26 heavy (non-hydrogen) atoms. The van der Waals surface area contributed by atoms with Crippen LogP contribution in [0.15, 0.2) is 59.7 Å². The van der Waals surface area contributed by atoms with Crippen LogP contribution < -0.4 is 0 Å². The number of aromatic hydroxyl groups is 2. The Morgan fingerprint density at radius 2 is 1.38 bits per heavy atom. The van der Waals surface area contributed by atoms with Gasteiger partial charge in [-0.05, 0) is 57.7 Å². The summed E-state index contributed by atoms with van der Waals surface area (Å²) >= 11 is 0. The fourth-order valence-electron chi connectivity index (χ4n) is 2.69. The maximum atomic E-state index is 10.8. The topological polar surface area (TPSA) is 40.5 Å².